The van der Waals surface area contributed by atoms with Crippen molar-refractivity contribution in [3.05, 3.63) is 11.4 Å². The molecule has 0 amide bonds. The van der Waals surface area contributed by atoms with Gasteiger partial charge in [-0.25, -0.2) is 9.97 Å². The van der Waals surface area contributed by atoms with E-state index in [1.165, 1.54) is 32.1 Å². The van der Waals surface area contributed by atoms with Gasteiger partial charge in [-0.2, -0.15) is 0 Å². The van der Waals surface area contributed by atoms with Gasteiger partial charge in [0.05, 0.1) is 0 Å². The Balaban J connectivity index is 1.93. The molecule has 3 N–H and O–H groups in total. The third kappa shape index (κ3) is 4.32. The van der Waals surface area contributed by atoms with Crippen LogP contribution in [0, 0.1) is 18.8 Å². The molecule has 2 atom stereocenters. The molecule has 0 aromatic carbocycles. The average molecular weight is 290 g/mol. The maximum absolute atomic E-state index is 6.00. The Morgan fingerprint density at radius 3 is 2.71 bits per heavy atom. The topological polar surface area (TPSA) is 63.8 Å². The molecule has 1 aromatic rings. The molecule has 0 radical (unpaired) electrons. The molecule has 4 heteroatoms. The molecule has 21 heavy (non-hydrogen) atoms. The molecule has 0 bridgehead atoms. The number of nitrogens with two attached hydrogens (primary N) is 1. The van der Waals surface area contributed by atoms with Gasteiger partial charge in [-0.1, -0.05) is 40.0 Å². The Morgan fingerprint density at radius 1 is 1.29 bits per heavy atom. The van der Waals surface area contributed by atoms with Crippen molar-refractivity contribution >= 4 is 11.6 Å². The lowest BCUT2D eigenvalue weighted by molar-refractivity contribution is 0.274. The van der Waals surface area contributed by atoms with E-state index in [4.69, 9.17) is 5.73 Å². The van der Waals surface area contributed by atoms with Crippen molar-refractivity contribution in [3.63, 3.8) is 0 Å². The van der Waals surface area contributed by atoms with Crippen molar-refractivity contribution in [3.8, 4) is 0 Å². The average Bonchev–Trinajstić information content (AvgIpc) is 2.43. The molecule has 1 aliphatic carbocycles. The molecule has 0 spiro atoms. The minimum Gasteiger partial charge on any atom is -0.383 e. The Hall–Kier alpha value is -1.32. The number of anilines is 2. The summed E-state index contributed by atoms with van der Waals surface area (Å²) in [6.07, 6.45) is 6.79. The molecule has 1 fully saturated rings. The molecule has 118 valence electrons. The number of aromatic nitrogens is 2. The van der Waals surface area contributed by atoms with Crippen molar-refractivity contribution in [2.75, 3.05) is 17.6 Å². The monoisotopic (exact) mass is 290 g/mol. The third-order valence-electron chi connectivity index (χ3n) is 4.61. The van der Waals surface area contributed by atoms with Gasteiger partial charge in [0.25, 0.3) is 0 Å². The van der Waals surface area contributed by atoms with Gasteiger partial charge in [0, 0.05) is 18.0 Å². The highest BCUT2D eigenvalue weighted by Gasteiger charge is 2.18. The number of nitrogens with one attached hydrogen (secondary N) is 1. The van der Waals surface area contributed by atoms with Gasteiger partial charge in [-0.05, 0) is 31.6 Å². The Bertz CT molecular complexity index is 470. The highest BCUT2D eigenvalue weighted by molar-refractivity contribution is 5.54. The van der Waals surface area contributed by atoms with Crippen LogP contribution >= 0.6 is 0 Å². The van der Waals surface area contributed by atoms with Crippen molar-refractivity contribution in [1.29, 1.82) is 0 Å². The molecule has 1 heterocycles. The molecule has 1 aromatic heterocycles. The van der Waals surface area contributed by atoms with E-state index in [0.717, 1.165) is 35.6 Å². The fraction of sp³-hybridized carbons (Fsp3) is 0.765. The molecular weight excluding hydrogens is 260 g/mol. The SMILES string of the molecule is Cc1c(N)nc(C(C)C)nc1NCCC1CCCC(C)C1. The molecule has 2 unspecified atom stereocenters. The van der Waals surface area contributed by atoms with Crippen LogP contribution in [0.3, 0.4) is 0 Å². The largest absolute Gasteiger partial charge is 0.383 e. The molecular formula is C17H30N4. The van der Waals surface area contributed by atoms with E-state index in [2.05, 4.69) is 36.1 Å². The Morgan fingerprint density at radius 2 is 2.05 bits per heavy atom. The van der Waals surface area contributed by atoms with Crippen LogP contribution in [0.25, 0.3) is 0 Å². The molecule has 2 rings (SSSR count). The van der Waals surface area contributed by atoms with Gasteiger partial charge in [0.15, 0.2) is 0 Å². The van der Waals surface area contributed by atoms with Crippen LogP contribution in [0.5, 0.6) is 0 Å². The van der Waals surface area contributed by atoms with Crippen molar-refractivity contribution in [2.24, 2.45) is 11.8 Å². The summed E-state index contributed by atoms with van der Waals surface area (Å²) in [5.41, 5.74) is 6.97. The van der Waals surface area contributed by atoms with Gasteiger partial charge in [-0.3, -0.25) is 0 Å². The molecule has 0 saturated heterocycles. The maximum Gasteiger partial charge on any atom is 0.135 e. The summed E-state index contributed by atoms with van der Waals surface area (Å²) in [6.45, 7) is 9.54. The smallest absolute Gasteiger partial charge is 0.135 e. The number of rotatable bonds is 5. The van der Waals surface area contributed by atoms with Crippen LogP contribution < -0.4 is 11.1 Å². The predicted molar refractivity (Wildman–Crippen MR) is 89.5 cm³/mol. The van der Waals surface area contributed by atoms with Crippen LogP contribution in [-0.2, 0) is 0 Å². The van der Waals surface area contributed by atoms with E-state index in [1.54, 1.807) is 0 Å². The lowest BCUT2D eigenvalue weighted by atomic mass is 9.81. The van der Waals surface area contributed by atoms with Crippen LogP contribution in [0.1, 0.15) is 70.2 Å². The van der Waals surface area contributed by atoms with Crippen LogP contribution in [0.2, 0.25) is 0 Å². The van der Waals surface area contributed by atoms with Gasteiger partial charge >= 0.3 is 0 Å². The summed E-state index contributed by atoms with van der Waals surface area (Å²) >= 11 is 0. The molecule has 1 aliphatic rings. The minimum atomic E-state index is 0.299. The fourth-order valence-corrected chi connectivity index (χ4v) is 3.20. The van der Waals surface area contributed by atoms with E-state index in [9.17, 15) is 0 Å². The zero-order valence-corrected chi connectivity index (χ0v) is 13.9. The van der Waals surface area contributed by atoms with Gasteiger partial charge in [0.1, 0.15) is 17.5 Å². The van der Waals surface area contributed by atoms with E-state index in [1.807, 2.05) is 6.92 Å². The number of nitrogens with zero attached hydrogens (tertiary/aromatic N) is 2. The second-order valence-electron chi connectivity index (χ2n) is 6.95. The highest BCUT2D eigenvalue weighted by Crippen LogP contribution is 2.30. The first-order valence-electron chi connectivity index (χ1n) is 8.35. The quantitative estimate of drug-likeness (QED) is 0.856. The fourth-order valence-electron chi connectivity index (χ4n) is 3.20. The number of nitrogen functional groups attached to an aromatic ring is 1. The van der Waals surface area contributed by atoms with Crippen LogP contribution in [0.15, 0.2) is 0 Å². The van der Waals surface area contributed by atoms with Crippen LogP contribution in [-0.4, -0.2) is 16.5 Å². The van der Waals surface area contributed by atoms with Crippen molar-refractivity contribution < 1.29 is 0 Å². The second kappa shape index (κ2) is 7.10. The number of hydrogen-bond donors (Lipinski definition) is 2. The first kappa shape index (κ1) is 16.1. The summed E-state index contributed by atoms with van der Waals surface area (Å²) in [6, 6.07) is 0. The standard InChI is InChI=1S/C17H30N4/c1-11(2)16-20-15(18)13(4)17(21-16)19-9-8-14-7-5-6-12(3)10-14/h11-12,14H,5-10H2,1-4H3,(H3,18,19,20,21). The van der Waals surface area contributed by atoms with E-state index in [0.29, 0.717) is 11.7 Å². The lowest BCUT2D eigenvalue weighted by Gasteiger charge is -2.26. The second-order valence-corrected chi connectivity index (χ2v) is 6.95. The van der Waals surface area contributed by atoms with Gasteiger partial charge < -0.3 is 11.1 Å². The summed E-state index contributed by atoms with van der Waals surface area (Å²) in [4.78, 5) is 9.00. The lowest BCUT2D eigenvalue weighted by Crippen LogP contribution is -2.18. The Labute approximate surface area is 128 Å². The van der Waals surface area contributed by atoms with Crippen LogP contribution in [0.4, 0.5) is 11.6 Å². The zero-order chi connectivity index (χ0) is 15.4. The first-order valence-corrected chi connectivity index (χ1v) is 8.35. The zero-order valence-electron chi connectivity index (χ0n) is 13.9. The van der Waals surface area contributed by atoms with Gasteiger partial charge in [-0.15, -0.1) is 0 Å². The molecule has 4 nitrogen and oxygen atoms in total. The predicted octanol–water partition coefficient (Wildman–Crippen LogP) is 4.12. The highest BCUT2D eigenvalue weighted by atomic mass is 15.1. The maximum atomic E-state index is 6.00. The normalized spacial score (nSPS) is 22.5. The van der Waals surface area contributed by atoms with E-state index >= 15 is 0 Å². The summed E-state index contributed by atoms with van der Waals surface area (Å²) in [7, 11) is 0. The van der Waals surface area contributed by atoms with Crippen molar-refractivity contribution in [2.45, 2.75) is 65.7 Å². The molecule has 1 saturated carbocycles. The van der Waals surface area contributed by atoms with Gasteiger partial charge in [0.2, 0.25) is 0 Å². The summed E-state index contributed by atoms with van der Waals surface area (Å²) in [5, 5.41) is 3.48. The first-order chi connectivity index (χ1) is 9.97. The third-order valence-corrected chi connectivity index (χ3v) is 4.61. The molecule has 0 aliphatic heterocycles. The van der Waals surface area contributed by atoms with Crippen molar-refractivity contribution in [1.82, 2.24) is 9.97 Å². The number of hydrogen-bond acceptors (Lipinski definition) is 4. The Kier molecular flexibility index (Phi) is 5.43. The summed E-state index contributed by atoms with van der Waals surface area (Å²) in [5.74, 6) is 4.40. The minimum absolute atomic E-state index is 0.299. The van der Waals surface area contributed by atoms with E-state index < -0.39 is 0 Å². The summed E-state index contributed by atoms with van der Waals surface area (Å²) < 4.78 is 0. The van der Waals surface area contributed by atoms with E-state index in [-0.39, 0.29) is 0 Å².